The third-order valence-electron chi connectivity index (χ3n) is 2.73. The van der Waals surface area contributed by atoms with Crippen LogP contribution in [-0.4, -0.2) is 22.1 Å². The first-order valence-corrected chi connectivity index (χ1v) is 7.61. The summed E-state index contributed by atoms with van der Waals surface area (Å²) in [5.41, 5.74) is 6.50. The zero-order valence-corrected chi connectivity index (χ0v) is 11.9. The number of nitrogens with zero attached hydrogens (tertiary/aromatic N) is 2. The van der Waals surface area contributed by atoms with Gasteiger partial charge in [0.05, 0.1) is 0 Å². The molecule has 0 radical (unpaired) electrons. The van der Waals surface area contributed by atoms with Gasteiger partial charge in [0.25, 0.3) is 5.91 Å². The van der Waals surface area contributed by atoms with Crippen molar-refractivity contribution in [2.75, 3.05) is 6.26 Å². The Morgan fingerprint density at radius 1 is 1.28 bits per heavy atom. The van der Waals surface area contributed by atoms with Gasteiger partial charge in [-0.05, 0) is 25.2 Å². The Balaban J connectivity index is 2.58. The lowest BCUT2D eigenvalue weighted by atomic mass is 10.1. The molecule has 18 heavy (non-hydrogen) atoms. The van der Waals surface area contributed by atoms with E-state index in [0.717, 1.165) is 18.5 Å². The van der Waals surface area contributed by atoms with Gasteiger partial charge in [0, 0.05) is 5.69 Å². The summed E-state index contributed by atoms with van der Waals surface area (Å²) >= 11 is 1.43. The van der Waals surface area contributed by atoms with Crippen LogP contribution in [-0.2, 0) is 6.42 Å². The molecule has 4 nitrogen and oxygen atoms in total. The van der Waals surface area contributed by atoms with Crippen molar-refractivity contribution in [2.45, 2.75) is 50.6 Å². The Kier molecular flexibility index (Phi) is 6.72. The summed E-state index contributed by atoms with van der Waals surface area (Å²) < 4.78 is 0. The number of amides is 1. The number of hydrogen-bond acceptors (Lipinski definition) is 4. The van der Waals surface area contributed by atoms with Crippen LogP contribution in [0.25, 0.3) is 0 Å². The van der Waals surface area contributed by atoms with Crippen LogP contribution in [0.3, 0.4) is 0 Å². The molecular weight excluding hydrogens is 246 g/mol. The van der Waals surface area contributed by atoms with Crippen LogP contribution >= 0.6 is 11.8 Å². The SMILES string of the molecule is CCCCCCCc1cc(C(N)=O)nc(SC)n1. The summed E-state index contributed by atoms with van der Waals surface area (Å²) in [7, 11) is 0. The molecule has 0 atom stereocenters. The first kappa shape index (κ1) is 15.0. The first-order chi connectivity index (χ1) is 8.67. The van der Waals surface area contributed by atoms with Crippen LogP contribution < -0.4 is 5.73 Å². The summed E-state index contributed by atoms with van der Waals surface area (Å²) in [5.74, 6) is -0.486. The van der Waals surface area contributed by atoms with Crippen LogP contribution in [0, 0.1) is 0 Å². The van der Waals surface area contributed by atoms with E-state index in [1.165, 1.54) is 37.4 Å². The zero-order valence-electron chi connectivity index (χ0n) is 11.1. The molecule has 0 bridgehead atoms. The fourth-order valence-electron chi connectivity index (χ4n) is 1.73. The van der Waals surface area contributed by atoms with Gasteiger partial charge in [-0.1, -0.05) is 44.4 Å². The second kappa shape index (κ2) is 8.08. The Labute approximate surface area is 113 Å². The zero-order chi connectivity index (χ0) is 13.4. The van der Waals surface area contributed by atoms with Crippen molar-refractivity contribution < 1.29 is 4.79 Å². The van der Waals surface area contributed by atoms with Crippen LogP contribution in [0.2, 0.25) is 0 Å². The summed E-state index contributed by atoms with van der Waals surface area (Å²) in [4.78, 5) is 19.6. The Bertz CT molecular complexity index is 396. The minimum absolute atomic E-state index is 0.318. The van der Waals surface area contributed by atoms with Gasteiger partial charge in [0.1, 0.15) is 5.69 Å². The highest BCUT2D eigenvalue weighted by Gasteiger charge is 2.08. The molecule has 5 heteroatoms. The predicted molar refractivity (Wildman–Crippen MR) is 74.8 cm³/mol. The monoisotopic (exact) mass is 267 g/mol. The first-order valence-electron chi connectivity index (χ1n) is 6.39. The van der Waals surface area contributed by atoms with E-state index in [4.69, 9.17) is 5.73 Å². The van der Waals surface area contributed by atoms with E-state index in [2.05, 4.69) is 16.9 Å². The number of rotatable bonds is 8. The van der Waals surface area contributed by atoms with E-state index in [9.17, 15) is 4.79 Å². The van der Waals surface area contributed by atoms with Crippen LogP contribution in [0.4, 0.5) is 0 Å². The number of carbonyl (C=O) groups excluding carboxylic acids is 1. The molecule has 0 saturated heterocycles. The highest BCUT2D eigenvalue weighted by Crippen LogP contribution is 2.13. The molecule has 0 saturated carbocycles. The minimum Gasteiger partial charge on any atom is -0.364 e. The highest BCUT2D eigenvalue weighted by molar-refractivity contribution is 7.98. The fraction of sp³-hybridized carbons (Fsp3) is 0.615. The standard InChI is InChI=1S/C13H21N3OS/c1-3-4-5-6-7-8-10-9-11(12(14)17)16-13(15-10)18-2/h9H,3-8H2,1-2H3,(H2,14,17). The Hall–Kier alpha value is -1.10. The molecule has 0 fully saturated rings. The van der Waals surface area contributed by atoms with Crippen molar-refractivity contribution in [3.05, 3.63) is 17.5 Å². The van der Waals surface area contributed by atoms with Crippen molar-refractivity contribution in [1.29, 1.82) is 0 Å². The maximum Gasteiger partial charge on any atom is 0.267 e. The molecule has 0 unspecified atom stereocenters. The van der Waals surface area contributed by atoms with E-state index in [1.54, 1.807) is 6.07 Å². The van der Waals surface area contributed by atoms with Gasteiger partial charge in [0.2, 0.25) is 0 Å². The topological polar surface area (TPSA) is 68.9 Å². The number of primary amides is 1. The van der Waals surface area contributed by atoms with Crippen molar-refractivity contribution in [3.8, 4) is 0 Å². The summed E-state index contributed by atoms with van der Waals surface area (Å²) in [6.45, 7) is 2.20. The average molecular weight is 267 g/mol. The van der Waals surface area contributed by atoms with E-state index in [0.29, 0.717) is 10.9 Å². The molecule has 1 aromatic rings. The van der Waals surface area contributed by atoms with E-state index in [-0.39, 0.29) is 0 Å². The quantitative estimate of drug-likeness (QED) is 0.447. The van der Waals surface area contributed by atoms with Crippen molar-refractivity contribution >= 4 is 17.7 Å². The minimum atomic E-state index is -0.486. The average Bonchev–Trinajstić information content (AvgIpc) is 2.38. The molecule has 0 aliphatic heterocycles. The number of carbonyl (C=O) groups is 1. The van der Waals surface area contributed by atoms with E-state index >= 15 is 0 Å². The van der Waals surface area contributed by atoms with E-state index < -0.39 is 5.91 Å². The second-order valence-corrected chi connectivity index (χ2v) is 5.03. The van der Waals surface area contributed by atoms with Gasteiger partial charge in [-0.15, -0.1) is 0 Å². The van der Waals surface area contributed by atoms with Gasteiger partial charge in [0.15, 0.2) is 5.16 Å². The predicted octanol–water partition coefficient (Wildman–Crippen LogP) is 2.81. The summed E-state index contributed by atoms with van der Waals surface area (Å²) in [6.07, 6.45) is 8.88. The molecule has 1 aromatic heterocycles. The second-order valence-electron chi connectivity index (χ2n) is 4.26. The summed E-state index contributed by atoms with van der Waals surface area (Å²) in [6, 6.07) is 1.71. The molecule has 0 spiro atoms. The Morgan fingerprint density at radius 3 is 2.61 bits per heavy atom. The van der Waals surface area contributed by atoms with Crippen LogP contribution in [0.15, 0.2) is 11.2 Å². The van der Waals surface area contributed by atoms with Crippen molar-refractivity contribution in [1.82, 2.24) is 9.97 Å². The molecule has 0 aliphatic rings. The van der Waals surface area contributed by atoms with Gasteiger partial charge < -0.3 is 5.73 Å². The van der Waals surface area contributed by atoms with Gasteiger partial charge >= 0.3 is 0 Å². The van der Waals surface area contributed by atoms with Gasteiger partial charge in [-0.3, -0.25) is 4.79 Å². The fourth-order valence-corrected chi connectivity index (χ4v) is 2.13. The number of unbranched alkanes of at least 4 members (excludes halogenated alkanes) is 4. The highest BCUT2D eigenvalue weighted by atomic mass is 32.2. The van der Waals surface area contributed by atoms with Gasteiger partial charge in [-0.2, -0.15) is 0 Å². The van der Waals surface area contributed by atoms with Gasteiger partial charge in [-0.25, -0.2) is 9.97 Å². The third-order valence-corrected chi connectivity index (χ3v) is 3.28. The number of thioether (sulfide) groups is 1. The summed E-state index contributed by atoms with van der Waals surface area (Å²) in [5, 5.41) is 0.620. The molecule has 1 rings (SSSR count). The lowest BCUT2D eigenvalue weighted by Gasteiger charge is -2.05. The number of aryl methyl sites for hydroxylation is 1. The van der Waals surface area contributed by atoms with Crippen molar-refractivity contribution in [2.24, 2.45) is 5.73 Å². The normalized spacial score (nSPS) is 10.6. The molecule has 2 N–H and O–H groups in total. The smallest absolute Gasteiger partial charge is 0.267 e. The molecule has 0 aromatic carbocycles. The third kappa shape index (κ3) is 5.04. The Morgan fingerprint density at radius 2 is 2.00 bits per heavy atom. The van der Waals surface area contributed by atoms with Crippen LogP contribution in [0.1, 0.15) is 55.2 Å². The maximum absolute atomic E-state index is 11.2. The van der Waals surface area contributed by atoms with Crippen LogP contribution in [0.5, 0.6) is 0 Å². The number of hydrogen-bond donors (Lipinski definition) is 1. The van der Waals surface area contributed by atoms with Crippen molar-refractivity contribution in [3.63, 3.8) is 0 Å². The van der Waals surface area contributed by atoms with E-state index in [1.807, 2.05) is 6.26 Å². The maximum atomic E-state index is 11.2. The number of aromatic nitrogens is 2. The lowest BCUT2D eigenvalue weighted by molar-refractivity contribution is 0.0994. The molecule has 1 amide bonds. The number of nitrogens with two attached hydrogens (primary N) is 1. The molecule has 1 heterocycles. The molecule has 0 aliphatic carbocycles. The lowest BCUT2D eigenvalue weighted by Crippen LogP contribution is -2.14. The molecule has 100 valence electrons. The molecular formula is C13H21N3OS. The largest absolute Gasteiger partial charge is 0.364 e.